The fraction of sp³-hybridized carbons (Fsp3) is 0.120. The van der Waals surface area contributed by atoms with Crippen molar-refractivity contribution in [1.29, 1.82) is 0 Å². The van der Waals surface area contributed by atoms with Crippen molar-refractivity contribution in [1.82, 2.24) is 5.32 Å². The summed E-state index contributed by atoms with van der Waals surface area (Å²) in [6, 6.07) is 16.1. The van der Waals surface area contributed by atoms with Gasteiger partial charge in [-0.25, -0.2) is 0 Å². The van der Waals surface area contributed by atoms with E-state index in [1.807, 2.05) is 0 Å². The number of ether oxygens (including phenoxy) is 3. The van der Waals surface area contributed by atoms with Crippen LogP contribution in [0.5, 0.6) is 17.2 Å². The minimum absolute atomic E-state index is 0.132. The molecule has 0 aliphatic rings. The minimum Gasteiger partial charge on any atom is -0.493 e. The molecule has 3 aromatic carbocycles. The van der Waals surface area contributed by atoms with E-state index in [9.17, 15) is 22.8 Å². The molecule has 0 aromatic heterocycles. The quantitative estimate of drug-likeness (QED) is 0.339. The van der Waals surface area contributed by atoms with Crippen molar-refractivity contribution < 1.29 is 37.0 Å². The second kappa shape index (κ2) is 11.6. The molecule has 0 bridgehead atoms. The Morgan fingerprint density at radius 2 is 1.53 bits per heavy atom. The second-order valence-electron chi connectivity index (χ2n) is 7.13. The molecule has 0 saturated heterocycles. The molecule has 0 fully saturated rings. The summed E-state index contributed by atoms with van der Waals surface area (Å²) in [6.07, 6.45) is -3.42. The van der Waals surface area contributed by atoms with Crippen LogP contribution in [0.2, 0.25) is 0 Å². The second-order valence-corrected chi connectivity index (χ2v) is 7.99. The zero-order chi connectivity index (χ0) is 26.3. The van der Waals surface area contributed by atoms with Crippen molar-refractivity contribution in [3.8, 4) is 17.2 Å². The summed E-state index contributed by atoms with van der Waals surface area (Å²) < 4.78 is 52.2. The number of anilines is 1. The Kier molecular flexibility index (Phi) is 8.59. The van der Waals surface area contributed by atoms with E-state index in [0.717, 1.165) is 12.1 Å². The molecule has 0 aliphatic carbocycles. The van der Waals surface area contributed by atoms with E-state index in [0.29, 0.717) is 27.1 Å². The third-order valence-corrected chi connectivity index (χ3v) is 5.36. The predicted molar refractivity (Wildman–Crippen MR) is 131 cm³/mol. The van der Waals surface area contributed by atoms with Gasteiger partial charge in [0.05, 0.1) is 14.2 Å². The highest BCUT2D eigenvalue weighted by Crippen LogP contribution is 2.34. The molecular weight excluding hydrogens is 545 g/mol. The average Bonchev–Trinajstić information content (AvgIpc) is 2.85. The van der Waals surface area contributed by atoms with Crippen LogP contribution in [0.1, 0.15) is 15.9 Å². The number of methoxy groups -OCH3 is 2. The highest BCUT2D eigenvalue weighted by Gasteiger charge is 2.31. The number of alkyl halides is 3. The van der Waals surface area contributed by atoms with Crippen molar-refractivity contribution >= 4 is 39.5 Å². The molecule has 11 heteroatoms. The van der Waals surface area contributed by atoms with E-state index in [2.05, 4.69) is 31.3 Å². The highest BCUT2D eigenvalue weighted by molar-refractivity contribution is 9.10. The third kappa shape index (κ3) is 7.25. The monoisotopic (exact) mass is 564 g/mol. The molecule has 0 spiro atoms. The lowest BCUT2D eigenvalue weighted by molar-refractivity contribution is -0.274. The average molecular weight is 565 g/mol. The summed E-state index contributed by atoms with van der Waals surface area (Å²) in [6.45, 7) is 0. The highest BCUT2D eigenvalue weighted by atomic mass is 79.9. The van der Waals surface area contributed by atoms with Gasteiger partial charge in [-0.2, -0.15) is 0 Å². The maximum Gasteiger partial charge on any atom is 0.573 e. The Bertz CT molecular complexity index is 1260. The van der Waals surface area contributed by atoms with Crippen molar-refractivity contribution in [3.63, 3.8) is 0 Å². The molecule has 0 saturated carbocycles. The lowest BCUT2D eigenvalue weighted by atomic mass is 10.1. The molecule has 2 N–H and O–H groups in total. The SMILES string of the molecule is COc1cc(Br)c(/C=C(\NC(=O)c2ccccc2)C(=O)Nc2ccc(OC(F)(F)F)cc2)cc1OC. The summed E-state index contributed by atoms with van der Waals surface area (Å²) in [5, 5.41) is 5.13. The summed E-state index contributed by atoms with van der Waals surface area (Å²) in [7, 11) is 2.93. The van der Waals surface area contributed by atoms with Crippen LogP contribution in [0.3, 0.4) is 0 Å². The Morgan fingerprint density at radius 1 is 0.917 bits per heavy atom. The number of hydrogen-bond acceptors (Lipinski definition) is 5. The van der Waals surface area contributed by atoms with Gasteiger partial charge >= 0.3 is 6.36 Å². The Hall–Kier alpha value is -3.99. The van der Waals surface area contributed by atoms with Gasteiger partial charge in [0.1, 0.15) is 11.4 Å². The summed E-state index contributed by atoms with van der Waals surface area (Å²) in [5.41, 5.74) is 0.851. The van der Waals surface area contributed by atoms with Gasteiger partial charge in [-0.05, 0) is 60.2 Å². The Balaban J connectivity index is 1.93. The maximum absolute atomic E-state index is 13.1. The maximum atomic E-state index is 13.1. The molecule has 0 aliphatic heterocycles. The summed E-state index contributed by atoms with van der Waals surface area (Å²) in [4.78, 5) is 25.9. The van der Waals surface area contributed by atoms with Crippen LogP contribution in [0.25, 0.3) is 6.08 Å². The zero-order valence-corrected chi connectivity index (χ0v) is 20.6. The first-order valence-electron chi connectivity index (χ1n) is 10.3. The van der Waals surface area contributed by atoms with Gasteiger partial charge in [0.15, 0.2) is 11.5 Å². The number of hydrogen-bond donors (Lipinski definition) is 2. The predicted octanol–water partition coefficient (Wildman–Crippen LogP) is 5.77. The molecule has 0 atom stereocenters. The van der Waals surface area contributed by atoms with Crippen molar-refractivity contribution in [2.75, 3.05) is 19.5 Å². The number of carbonyl (C=O) groups is 2. The van der Waals surface area contributed by atoms with Crippen LogP contribution in [0.15, 0.2) is 76.9 Å². The van der Waals surface area contributed by atoms with Crippen LogP contribution in [-0.2, 0) is 4.79 Å². The van der Waals surface area contributed by atoms with E-state index in [1.54, 1.807) is 42.5 Å². The van der Waals surface area contributed by atoms with Crippen molar-refractivity contribution in [2.24, 2.45) is 0 Å². The largest absolute Gasteiger partial charge is 0.573 e. The topological polar surface area (TPSA) is 85.9 Å². The molecule has 3 aromatic rings. The molecular formula is C25H20BrF3N2O5. The molecule has 3 rings (SSSR count). The van der Waals surface area contributed by atoms with Crippen LogP contribution >= 0.6 is 15.9 Å². The minimum atomic E-state index is -4.84. The number of halogens is 4. The van der Waals surface area contributed by atoms with Crippen molar-refractivity contribution in [2.45, 2.75) is 6.36 Å². The van der Waals surface area contributed by atoms with E-state index in [4.69, 9.17) is 9.47 Å². The lowest BCUT2D eigenvalue weighted by Crippen LogP contribution is -2.30. The van der Waals surface area contributed by atoms with E-state index in [-0.39, 0.29) is 11.4 Å². The first kappa shape index (κ1) is 26.6. The molecule has 0 radical (unpaired) electrons. The number of rotatable bonds is 8. The van der Waals surface area contributed by atoms with E-state index >= 15 is 0 Å². The number of nitrogens with one attached hydrogen (secondary N) is 2. The van der Waals surface area contributed by atoms with Crippen LogP contribution in [0.4, 0.5) is 18.9 Å². The van der Waals surface area contributed by atoms with Crippen LogP contribution in [-0.4, -0.2) is 32.4 Å². The molecule has 2 amide bonds. The van der Waals surface area contributed by atoms with E-state index in [1.165, 1.54) is 32.4 Å². The van der Waals surface area contributed by atoms with Gasteiger partial charge in [-0.15, -0.1) is 13.2 Å². The van der Waals surface area contributed by atoms with Crippen LogP contribution < -0.4 is 24.8 Å². The van der Waals surface area contributed by atoms with Gasteiger partial charge in [0.2, 0.25) is 0 Å². The van der Waals surface area contributed by atoms with Gasteiger partial charge in [0.25, 0.3) is 11.8 Å². The molecule has 0 heterocycles. The number of benzene rings is 3. The smallest absolute Gasteiger partial charge is 0.493 e. The molecule has 0 unspecified atom stereocenters. The third-order valence-electron chi connectivity index (χ3n) is 4.68. The Labute approximate surface area is 213 Å². The first-order chi connectivity index (χ1) is 17.1. The summed E-state index contributed by atoms with van der Waals surface area (Å²) in [5.74, 6) is -0.862. The molecule has 188 valence electrons. The van der Waals surface area contributed by atoms with Gasteiger partial charge in [0, 0.05) is 15.7 Å². The van der Waals surface area contributed by atoms with Crippen molar-refractivity contribution in [3.05, 3.63) is 88.0 Å². The van der Waals surface area contributed by atoms with E-state index < -0.39 is 23.9 Å². The number of amides is 2. The Morgan fingerprint density at radius 3 is 2.11 bits per heavy atom. The summed E-state index contributed by atoms with van der Waals surface area (Å²) >= 11 is 3.41. The van der Waals surface area contributed by atoms with Gasteiger partial charge in [-0.1, -0.05) is 34.1 Å². The van der Waals surface area contributed by atoms with Gasteiger partial charge in [-0.3, -0.25) is 9.59 Å². The number of carbonyl (C=O) groups excluding carboxylic acids is 2. The molecule has 36 heavy (non-hydrogen) atoms. The fourth-order valence-electron chi connectivity index (χ4n) is 3.02. The van der Waals surface area contributed by atoms with Crippen LogP contribution in [0, 0.1) is 0 Å². The molecule has 7 nitrogen and oxygen atoms in total. The normalized spacial score (nSPS) is 11.4. The lowest BCUT2D eigenvalue weighted by Gasteiger charge is -2.14. The zero-order valence-electron chi connectivity index (χ0n) is 19.0. The first-order valence-corrected chi connectivity index (χ1v) is 11.1. The van der Waals surface area contributed by atoms with Gasteiger partial charge < -0.3 is 24.8 Å². The fourth-order valence-corrected chi connectivity index (χ4v) is 3.45. The standard InChI is InChI=1S/C25H20BrF3N2O5/c1-34-21-13-16(19(26)14-22(21)35-2)12-20(31-23(32)15-6-4-3-5-7-15)24(33)30-17-8-10-18(11-9-17)36-25(27,28)29/h3-14H,1-2H3,(H,30,33)(H,31,32)/b20-12-.